The summed E-state index contributed by atoms with van der Waals surface area (Å²) in [5.74, 6) is 1.07. The Balaban J connectivity index is 2.98. The lowest BCUT2D eigenvalue weighted by Crippen LogP contribution is -2.26. The summed E-state index contributed by atoms with van der Waals surface area (Å²) in [6, 6.07) is 5.42. The Bertz CT molecular complexity index is 478. The number of ether oxygens (including phenoxy) is 3. The van der Waals surface area contributed by atoms with Crippen molar-refractivity contribution in [3.8, 4) is 11.5 Å². The third-order valence-electron chi connectivity index (χ3n) is 2.57. The van der Waals surface area contributed by atoms with Crippen molar-refractivity contribution in [2.45, 2.75) is 52.6 Å². The van der Waals surface area contributed by atoms with E-state index in [4.69, 9.17) is 14.2 Å². The second-order valence-corrected chi connectivity index (χ2v) is 6.71. The highest BCUT2D eigenvalue weighted by molar-refractivity contribution is 5.65. The van der Waals surface area contributed by atoms with E-state index in [1.54, 1.807) is 33.9 Å². The fourth-order valence-electron chi connectivity index (χ4n) is 1.55. The van der Waals surface area contributed by atoms with Crippen LogP contribution in [0.25, 0.3) is 0 Å². The van der Waals surface area contributed by atoms with E-state index in [1.165, 1.54) is 0 Å². The molecule has 0 aliphatic carbocycles. The minimum Gasteiger partial charge on any atom is -0.497 e. The summed E-state index contributed by atoms with van der Waals surface area (Å²) < 4.78 is 15.6. The standard InChI is InChI=1S/C16H24O4/c1-15(2,3)11-8-12(18-7)10-13(9-11)19-14(17)20-16(4,5)6/h8-10H,1-7H3. The zero-order valence-corrected chi connectivity index (χ0v) is 13.4. The molecule has 1 rings (SSSR count). The van der Waals surface area contributed by atoms with Gasteiger partial charge in [-0.05, 0) is 43.9 Å². The SMILES string of the molecule is COc1cc(OC(=O)OC(C)(C)C)cc(C(C)(C)C)c1. The Kier molecular flexibility index (Phi) is 4.69. The van der Waals surface area contributed by atoms with E-state index in [1.807, 2.05) is 12.1 Å². The number of methoxy groups -OCH3 is 1. The van der Waals surface area contributed by atoms with E-state index in [0.717, 1.165) is 5.56 Å². The highest BCUT2D eigenvalue weighted by atomic mass is 16.7. The molecule has 0 amide bonds. The van der Waals surface area contributed by atoms with Gasteiger partial charge in [0.25, 0.3) is 0 Å². The first kappa shape index (κ1) is 16.3. The predicted octanol–water partition coefficient (Wildman–Crippen LogP) is 4.31. The van der Waals surface area contributed by atoms with Crippen molar-refractivity contribution in [1.29, 1.82) is 0 Å². The van der Waals surface area contributed by atoms with E-state index in [2.05, 4.69) is 20.8 Å². The van der Waals surface area contributed by atoms with Gasteiger partial charge in [-0.1, -0.05) is 20.8 Å². The van der Waals surface area contributed by atoms with E-state index < -0.39 is 11.8 Å². The molecular formula is C16H24O4. The van der Waals surface area contributed by atoms with Crippen LogP contribution in [-0.4, -0.2) is 18.9 Å². The van der Waals surface area contributed by atoms with E-state index in [0.29, 0.717) is 11.5 Å². The van der Waals surface area contributed by atoms with Crippen LogP contribution in [0.2, 0.25) is 0 Å². The maximum Gasteiger partial charge on any atom is 0.514 e. The summed E-state index contributed by atoms with van der Waals surface area (Å²) in [6.45, 7) is 11.6. The van der Waals surface area contributed by atoms with Gasteiger partial charge in [0, 0.05) is 6.07 Å². The molecule has 112 valence electrons. The molecule has 0 unspecified atom stereocenters. The molecule has 1 aromatic carbocycles. The van der Waals surface area contributed by atoms with E-state index in [9.17, 15) is 4.79 Å². The third-order valence-corrected chi connectivity index (χ3v) is 2.57. The molecule has 4 nitrogen and oxygen atoms in total. The minimum absolute atomic E-state index is 0.0689. The van der Waals surface area contributed by atoms with Gasteiger partial charge >= 0.3 is 6.16 Å². The lowest BCUT2D eigenvalue weighted by molar-refractivity contribution is 0.0205. The van der Waals surface area contributed by atoms with Gasteiger partial charge in [-0.25, -0.2) is 4.79 Å². The lowest BCUT2D eigenvalue weighted by atomic mass is 9.87. The highest BCUT2D eigenvalue weighted by Gasteiger charge is 2.20. The van der Waals surface area contributed by atoms with E-state index in [-0.39, 0.29) is 5.41 Å². The van der Waals surface area contributed by atoms with Gasteiger partial charge in [-0.15, -0.1) is 0 Å². The Morgan fingerprint density at radius 1 is 0.950 bits per heavy atom. The van der Waals surface area contributed by atoms with Crippen molar-refractivity contribution in [3.05, 3.63) is 23.8 Å². The van der Waals surface area contributed by atoms with Crippen molar-refractivity contribution in [1.82, 2.24) is 0 Å². The molecule has 0 aliphatic heterocycles. The number of hydrogen-bond donors (Lipinski definition) is 0. The smallest absolute Gasteiger partial charge is 0.497 e. The van der Waals surface area contributed by atoms with Crippen LogP contribution >= 0.6 is 0 Å². The Hall–Kier alpha value is -1.71. The Labute approximate surface area is 121 Å². The summed E-state index contributed by atoms with van der Waals surface area (Å²) in [6.07, 6.45) is -0.717. The molecule has 20 heavy (non-hydrogen) atoms. The molecule has 1 aromatic rings. The van der Waals surface area contributed by atoms with Crippen LogP contribution in [0.15, 0.2) is 18.2 Å². The van der Waals surface area contributed by atoms with Gasteiger partial charge < -0.3 is 14.2 Å². The zero-order chi connectivity index (χ0) is 15.6. The number of hydrogen-bond acceptors (Lipinski definition) is 4. The Morgan fingerprint density at radius 3 is 1.95 bits per heavy atom. The molecule has 4 heteroatoms. The van der Waals surface area contributed by atoms with Crippen molar-refractivity contribution in [2.24, 2.45) is 0 Å². The van der Waals surface area contributed by atoms with Crippen LogP contribution in [0.3, 0.4) is 0 Å². The summed E-state index contributed by atoms with van der Waals surface area (Å²) in [7, 11) is 1.58. The molecule has 0 radical (unpaired) electrons. The quantitative estimate of drug-likeness (QED) is 0.598. The molecule has 0 spiro atoms. The maximum absolute atomic E-state index is 11.7. The molecule has 0 atom stereocenters. The average molecular weight is 280 g/mol. The van der Waals surface area contributed by atoms with Crippen molar-refractivity contribution >= 4 is 6.16 Å². The van der Waals surface area contributed by atoms with Crippen molar-refractivity contribution in [2.75, 3.05) is 7.11 Å². The molecule has 0 fully saturated rings. The highest BCUT2D eigenvalue weighted by Crippen LogP contribution is 2.31. The molecule has 0 bridgehead atoms. The Morgan fingerprint density at radius 2 is 1.50 bits per heavy atom. The van der Waals surface area contributed by atoms with Crippen molar-refractivity contribution in [3.63, 3.8) is 0 Å². The molecule has 0 saturated carbocycles. The molecule has 0 aromatic heterocycles. The molecule has 0 aliphatic rings. The summed E-state index contributed by atoms with van der Waals surface area (Å²) in [4.78, 5) is 11.7. The van der Waals surface area contributed by atoms with Crippen LogP contribution in [0.5, 0.6) is 11.5 Å². The summed E-state index contributed by atoms with van der Waals surface area (Å²) in [5, 5.41) is 0. The predicted molar refractivity (Wildman–Crippen MR) is 78.6 cm³/mol. The zero-order valence-electron chi connectivity index (χ0n) is 13.4. The summed E-state index contributed by atoms with van der Waals surface area (Å²) in [5.41, 5.74) is 0.374. The number of carbonyl (C=O) groups is 1. The number of carbonyl (C=O) groups excluding carboxylic acids is 1. The molecule has 0 N–H and O–H groups in total. The topological polar surface area (TPSA) is 44.8 Å². The normalized spacial score (nSPS) is 11.9. The molecule has 0 heterocycles. The molecule has 0 saturated heterocycles. The van der Waals surface area contributed by atoms with Crippen LogP contribution in [0.4, 0.5) is 4.79 Å². The number of rotatable bonds is 2. The van der Waals surface area contributed by atoms with Gasteiger partial charge in [0.2, 0.25) is 0 Å². The van der Waals surface area contributed by atoms with Gasteiger partial charge in [0.05, 0.1) is 7.11 Å². The first-order valence-electron chi connectivity index (χ1n) is 6.62. The largest absolute Gasteiger partial charge is 0.514 e. The lowest BCUT2D eigenvalue weighted by Gasteiger charge is -2.22. The first-order valence-corrected chi connectivity index (χ1v) is 6.62. The summed E-state index contributed by atoms with van der Waals surface area (Å²) >= 11 is 0. The second-order valence-electron chi connectivity index (χ2n) is 6.71. The van der Waals surface area contributed by atoms with Crippen LogP contribution in [0.1, 0.15) is 47.1 Å². The monoisotopic (exact) mass is 280 g/mol. The van der Waals surface area contributed by atoms with Gasteiger partial charge in [0.15, 0.2) is 0 Å². The fourth-order valence-corrected chi connectivity index (χ4v) is 1.55. The number of benzene rings is 1. The van der Waals surface area contributed by atoms with E-state index >= 15 is 0 Å². The third kappa shape index (κ3) is 5.11. The van der Waals surface area contributed by atoms with Crippen LogP contribution in [0, 0.1) is 0 Å². The minimum atomic E-state index is -0.717. The van der Waals surface area contributed by atoms with Gasteiger partial charge in [-0.2, -0.15) is 0 Å². The second kappa shape index (κ2) is 5.73. The van der Waals surface area contributed by atoms with Crippen LogP contribution < -0.4 is 9.47 Å². The maximum atomic E-state index is 11.7. The fraction of sp³-hybridized carbons (Fsp3) is 0.562. The first-order chi connectivity index (χ1) is 9.01. The van der Waals surface area contributed by atoms with Crippen LogP contribution in [-0.2, 0) is 10.2 Å². The average Bonchev–Trinajstić information content (AvgIpc) is 2.24. The molecular weight excluding hydrogens is 256 g/mol. The van der Waals surface area contributed by atoms with Gasteiger partial charge in [0.1, 0.15) is 17.1 Å². The van der Waals surface area contributed by atoms with Crippen molar-refractivity contribution < 1.29 is 19.0 Å². The van der Waals surface area contributed by atoms with Gasteiger partial charge in [-0.3, -0.25) is 0 Å².